The van der Waals surface area contributed by atoms with Gasteiger partial charge in [0.15, 0.2) is 0 Å². The first-order chi connectivity index (χ1) is 18.3. The Hall–Kier alpha value is -2.98. The number of thiophene rings is 1. The first-order valence-corrected chi connectivity index (χ1v) is 15.2. The van der Waals surface area contributed by atoms with Crippen molar-refractivity contribution in [3.05, 3.63) is 94.9 Å². The third-order valence-electron chi connectivity index (χ3n) is 6.37. The molecule has 0 bridgehead atoms. The van der Waals surface area contributed by atoms with Crippen LogP contribution in [0.4, 0.5) is 0 Å². The number of para-hydroxylation sites is 1. The molecule has 2 aromatic heterocycles. The summed E-state index contributed by atoms with van der Waals surface area (Å²) in [5.74, 6) is 0.253. The second kappa shape index (κ2) is 12.7. The van der Waals surface area contributed by atoms with Crippen molar-refractivity contribution in [1.29, 1.82) is 5.41 Å². The molecule has 1 amide bonds. The molecule has 38 heavy (non-hydrogen) atoms. The van der Waals surface area contributed by atoms with Gasteiger partial charge in [0.2, 0.25) is 5.62 Å². The minimum absolute atomic E-state index is 0.0101. The molecule has 0 aliphatic carbocycles. The number of nitrogens with zero attached hydrogens (tertiary/aromatic N) is 3. The summed E-state index contributed by atoms with van der Waals surface area (Å²) in [5, 5.41) is 23.9. The molecule has 0 saturated carbocycles. The Morgan fingerprint density at radius 1 is 1.24 bits per heavy atom. The number of rotatable bonds is 11. The highest BCUT2D eigenvalue weighted by Gasteiger charge is 2.15. The number of aromatic nitrogens is 2. The number of amides is 1. The summed E-state index contributed by atoms with van der Waals surface area (Å²) in [7, 11) is 5.01. The van der Waals surface area contributed by atoms with Crippen LogP contribution in [0.15, 0.2) is 83.7 Å². The Morgan fingerprint density at radius 2 is 2.05 bits per heavy atom. The zero-order valence-corrected chi connectivity index (χ0v) is 24.7. The number of aliphatic hydroxyl groups is 1. The van der Waals surface area contributed by atoms with Crippen LogP contribution < -0.4 is 10.9 Å². The van der Waals surface area contributed by atoms with Gasteiger partial charge in [-0.25, -0.2) is 0 Å². The van der Waals surface area contributed by atoms with Crippen molar-refractivity contribution in [3.63, 3.8) is 0 Å². The van der Waals surface area contributed by atoms with Crippen LogP contribution in [-0.4, -0.2) is 38.6 Å². The van der Waals surface area contributed by atoms with Gasteiger partial charge < -0.3 is 19.1 Å². The molecule has 6 nitrogen and oxygen atoms in total. The Morgan fingerprint density at radius 3 is 2.84 bits per heavy atom. The normalized spacial score (nSPS) is 12.4. The lowest BCUT2D eigenvalue weighted by molar-refractivity contribution is 0.0792. The number of fused-ring (bicyclic) bond motifs is 2. The predicted octanol–water partition coefficient (Wildman–Crippen LogP) is 6.36. The smallest absolute Gasteiger partial charge is 0.253 e. The molecule has 4 aromatic rings. The van der Waals surface area contributed by atoms with Crippen molar-refractivity contribution in [2.75, 3.05) is 13.6 Å². The number of carbonyl (C=O) groups is 1. The van der Waals surface area contributed by atoms with Crippen LogP contribution in [0.1, 0.15) is 30.1 Å². The molecule has 0 aliphatic rings. The van der Waals surface area contributed by atoms with E-state index < -0.39 is 0 Å². The van der Waals surface area contributed by atoms with Crippen LogP contribution in [-0.2, 0) is 12.8 Å². The van der Waals surface area contributed by atoms with Crippen molar-refractivity contribution in [2.24, 2.45) is 0 Å². The number of imidazole rings is 1. The lowest BCUT2D eigenvalue weighted by atomic mass is 10.1. The van der Waals surface area contributed by atoms with Gasteiger partial charge in [-0.2, -0.15) is 0 Å². The maximum absolute atomic E-state index is 13.0. The van der Waals surface area contributed by atoms with E-state index in [-0.39, 0.29) is 11.7 Å². The fourth-order valence-corrected chi connectivity index (χ4v) is 6.46. The molecular weight excluding hydrogens is 530 g/mol. The first-order valence-electron chi connectivity index (χ1n) is 12.5. The summed E-state index contributed by atoms with van der Waals surface area (Å²) >= 11 is 1.67. The van der Waals surface area contributed by atoms with Crippen LogP contribution >= 0.6 is 29.2 Å². The van der Waals surface area contributed by atoms with Crippen LogP contribution in [0.5, 0.6) is 0 Å². The average Bonchev–Trinajstić information content (AvgIpc) is 3.48. The van der Waals surface area contributed by atoms with Crippen molar-refractivity contribution in [1.82, 2.24) is 14.0 Å². The standard InChI is InChI=1S/C29H34N4O2P2S/c1-4-7-23(34)12-10-20(2)37-19-33-24-8-5-9-25(36)27(24)32(29(33)30)16-6-15-31(3)28(35)22-11-13-26-21(18-22)14-17-38-26/h5,7-14,17-18,30,34,37H,2,4,6,15-16,19,36H2,1,3H3/b12-10-,23-7+,30-29?. The van der Waals surface area contributed by atoms with E-state index in [1.165, 1.54) is 4.70 Å². The van der Waals surface area contributed by atoms with Gasteiger partial charge in [-0.05, 0) is 76.7 Å². The second-order valence-corrected chi connectivity index (χ2v) is 12.0. The topological polar surface area (TPSA) is 74.2 Å². The molecule has 4 rings (SSSR count). The maximum atomic E-state index is 13.0. The number of aliphatic hydroxyl groups excluding tert-OH is 1. The monoisotopic (exact) mass is 564 g/mol. The summed E-state index contributed by atoms with van der Waals surface area (Å²) in [5.41, 5.74) is 3.16. The average molecular weight is 565 g/mol. The molecule has 198 valence electrons. The largest absolute Gasteiger partial charge is 0.508 e. The Balaban J connectivity index is 1.45. The highest BCUT2D eigenvalue weighted by atomic mass is 32.1. The Labute approximate surface area is 231 Å². The van der Waals surface area contributed by atoms with Crippen LogP contribution in [0.25, 0.3) is 21.1 Å². The van der Waals surface area contributed by atoms with Crippen LogP contribution in [0, 0.1) is 5.41 Å². The minimum atomic E-state index is 0.0101. The Bertz CT molecular complexity index is 1600. The molecule has 0 aliphatic heterocycles. The molecule has 0 radical (unpaired) electrons. The van der Waals surface area contributed by atoms with Gasteiger partial charge in [-0.1, -0.05) is 40.3 Å². The van der Waals surface area contributed by atoms with Crippen LogP contribution in [0.2, 0.25) is 0 Å². The van der Waals surface area contributed by atoms with Crippen molar-refractivity contribution in [3.8, 4) is 0 Å². The van der Waals surface area contributed by atoms with Gasteiger partial charge >= 0.3 is 0 Å². The van der Waals surface area contributed by atoms with Crippen molar-refractivity contribution >= 4 is 61.5 Å². The third-order valence-corrected chi connectivity index (χ3v) is 8.83. The zero-order chi connectivity index (χ0) is 27.2. The number of hydrogen-bond donors (Lipinski definition) is 2. The second-order valence-electron chi connectivity index (χ2n) is 9.10. The fourth-order valence-electron chi connectivity index (χ4n) is 4.39. The van der Waals surface area contributed by atoms with E-state index in [4.69, 9.17) is 5.41 Å². The SMILES string of the molecule is C=C(/C=C\C(O)=C/CC)PCn1c(=N)n(CCCN(C)C(=O)c2ccc3sccc3c2)c2c(P)cccc21. The number of hydrogen-bond acceptors (Lipinski definition) is 4. The molecule has 0 saturated heterocycles. The number of carbonyl (C=O) groups excluding carboxylic acids is 1. The number of benzene rings is 2. The van der Waals surface area contributed by atoms with Crippen molar-refractivity contribution in [2.45, 2.75) is 32.6 Å². The van der Waals surface area contributed by atoms with Gasteiger partial charge in [-0.3, -0.25) is 10.2 Å². The predicted molar refractivity (Wildman–Crippen MR) is 166 cm³/mol. The first kappa shape index (κ1) is 28.0. The molecular formula is C29H34N4O2P2S. The molecule has 2 heterocycles. The molecule has 0 fully saturated rings. The molecule has 2 atom stereocenters. The maximum Gasteiger partial charge on any atom is 0.253 e. The third kappa shape index (κ3) is 6.35. The summed E-state index contributed by atoms with van der Waals surface area (Å²) in [6.45, 7) is 7.33. The van der Waals surface area contributed by atoms with E-state index in [1.807, 2.05) is 77.0 Å². The lowest BCUT2D eigenvalue weighted by Gasteiger charge is -2.17. The van der Waals surface area contributed by atoms with E-state index in [9.17, 15) is 9.90 Å². The van der Waals surface area contributed by atoms with E-state index >= 15 is 0 Å². The summed E-state index contributed by atoms with van der Waals surface area (Å²) in [4.78, 5) is 14.8. The Kier molecular flexibility index (Phi) is 9.38. The number of nitrogens with one attached hydrogen (secondary N) is 1. The van der Waals surface area contributed by atoms with Gasteiger partial charge in [0.25, 0.3) is 5.91 Å². The van der Waals surface area contributed by atoms with Crippen molar-refractivity contribution < 1.29 is 9.90 Å². The fraction of sp³-hybridized carbons (Fsp3) is 0.241. The van der Waals surface area contributed by atoms with Gasteiger partial charge in [0.1, 0.15) is 5.76 Å². The summed E-state index contributed by atoms with van der Waals surface area (Å²) < 4.78 is 5.24. The molecule has 2 N–H and O–H groups in total. The van der Waals surface area contributed by atoms with Gasteiger partial charge in [0, 0.05) is 36.7 Å². The van der Waals surface area contributed by atoms with E-state index in [1.54, 1.807) is 28.4 Å². The van der Waals surface area contributed by atoms with E-state index in [0.29, 0.717) is 39.1 Å². The van der Waals surface area contributed by atoms with E-state index in [2.05, 4.69) is 15.8 Å². The van der Waals surface area contributed by atoms with Crippen LogP contribution in [0.3, 0.4) is 0 Å². The van der Waals surface area contributed by atoms with Gasteiger partial charge in [0.05, 0.1) is 11.0 Å². The zero-order valence-electron chi connectivity index (χ0n) is 21.8. The summed E-state index contributed by atoms with van der Waals surface area (Å²) in [6, 6.07) is 14.0. The summed E-state index contributed by atoms with van der Waals surface area (Å²) in [6.07, 6.45) is 7.41. The highest BCUT2D eigenvalue weighted by Crippen LogP contribution is 2.27. The number of aryl methyl sites for hydroxylation is 1. The lowest BCUT2D eigenvalue weighted by Crippen LogP contribution is -2.30. The molecule has 9 heteroatoms. The van der Waals surface area contributed by atoms with Gasteiger partial charge in [-0.15, -0.1) is 20.6 Å². The highest BCUT2D eigenvalue weighted by molar-refractivity contribution is 7.42. The molecule has 2 unspecified atom stereocenters. The molecule has 0 spiro atoms. The number of allylic oxidation sites excluding steroid dienone is 4. The molecule has 2 aromatic carbocycles. The minimum Gasteiger partial charge on any atom is -0.508 e. The quantitative estimate of drug-likeness (QED) is 0.126. The van der Waals surface area contributed by atoms with E-state index in [0.717, 1.165) is 39.9 Å².